The Bertz CT molecular complexity index is 650. The van der Waals surface area contributed by atoms with Crippen LogP contribution < -0.4 is 0 Å². The summed E-state index contributed by atoms with van der Waals surface area (Å²) in [5, 5.41) is 0. The zero-order chi connectivity index (χ0) is 16.4. The van der Waals surface area contributed by atoms with Crippen molar-refractivity contribution in [2.45, 2.75) is 40.8 Å². The van der Waals surface area contributed by atoms with Crippen LogP contribution in [0.2, 0.25) is 0 Å². The van der Waals surface area contributed by atoms with E-state index >= 15 is 0 Å². The number of hydrogen-bond acceptors (Lipinski definition) is 2. The molecule has 0 atom stereocenters. The van der Waals surface area contributed by atoms with E-state index in [1.807, 2.05) is 0 Å². The molecule has 1 fully saturated rings. The lowest BCUT2D eigenvalue weighted by atomic mass is 9.99. The lowest BCUT2D eigenvalue weighted by Gasteiger charge is -2.20. The summed E-state index contributed by atoms with van der Waals surface area (Å²) in [6, 6.07) is 13.5. The van der Waals surface area contributed by atoms with Crippen molar-refractivity contribution in [3.05, 3.63) is 69.8 Å². The second-order valence-electron chi connectivity index (χ2n) is 7.11. The van der Waals surface area contributed by atoms with E-state index in [1.54, 1.807) is 0 Å². The van der Waals surface area contributed by atoms with Crippen LogP contribution in [-0.4, -0.2) is 29.6 Å². The average molecular weight is 308 g/mol. The molecular weight excluding hydrogens is 280 g/mol. The summed E-state index contributed by atoms with van der Waals surface area (Å²) < 4.78 is 0. The lowest BCUT2D eigenvalue weighted by molar-refractivity contribution is 0.234. The van der Waals surface area contributed by atoms with Crippen LogP contribution in [0.3, 0.4) is 0 Å². The monoisotopic (exact) mass is 308 g/mol. The van der Waals surface area contributed by atoms with Crippen LogP contribution in [0, 0.1) is 27.7 Å². The van der Waals surface area contributed by atoms with Crippen LogP contribution in [0.1, 0.15) is 33.4 Å². The highest BCUT2D eigenvalue weighted by Gasteiger charge is 2.21. The molecule has 2 heteroatoms. The molecule has 1 aliphatic rings. The standard InChI is InChI=1S/C21H28N2/c1-16-5-7-20(8-6-16)13-22-9-10-23(15-22)14-21-18(3)11-17(2)12-19(21)4/h5-8,11-12H,9-10,13-15H2,1-4H3. The minimum absolute atomic E-state index is 1.06. The first kappa shape index (κ1) is 16.2. The third-order valence-corrected chi connectivity index (χ3v) is 4.88. The molecule has 1 heterocycles. The van der Waals surface area contributed by atoms with Gasteiger partial charge in [-0.15, -0.1) is 0 Å². The summed E-state index contributed by atoms with van der Waals surface area (Å²) in [6.07, 6.45) is 0. The summed E-state index contributed by atoms with van der Waals surface area (Å²) in [5.41, 5.74) is 8.49. The van der Waals surface area contributed by atoms with Crippen LogP contribution in [0.25, 0.3) is 0 Å². The molecule has 0 spiro atoms. The van der Waals surface area contributed by atoms with E-state index in [1.165, 1.54) is 39.9 Å². The van der Waals surface area contributed by atoms with Crippen LogP contribution in [-0.2, 0) is 13.1 Å². The molecule has 0 saturated carbocycles. The number of aryl methyl sites for hydroxylation is 4. The summed E-state index contributed by atoms with van der Waals surface area (Å²) in [5.74, 6) is 0. The number of rotatable bonds is 4. The predicted octanol–water partition coefficient (Wildman–Crippen LogP) is 4.20. The first-order valence-electron chi connectivity index (χ1n) is 8.58. The smallest absolute Gasteiger partial charge is 0.0513 e. The van der Waals surface area contributed by atoms with E-state index in [4.69, 9.17) is 0 Å². The van der Waals surface area contributed by atoms with Crippen molar-refractivity contribution in [2.75, 3.05) is 19.8 Å². The lowest BCUT2D eigenvalue weighted by Crippen LogP contribution is -2.25. The molecule has 0 radical (unpaired) electrons. The van der Waals surface area contributed by atoms with Crippen molar-refractivity contribution in [1.29, 1.82) is 0 Å². The van der Waals surface area contributed by atoms with E-state index < -0.39 is 0 Å². The molecule has 0 aliphatic carbocycles. The van der Waals surface area contributed by atoms with Gasteiger partial charge in [0.15, 0.2) is 0 Å². The molecular formula is C21H28N2. The van der Waals surface area contributed by atoms with E-state index in [2.05, 4.69) is 73.9 Å². The quantitative estimate of drug-likeness (QED) is 0.835. The fourth-order valence-electron chi connectivity index (χ4n) is 3.60. The largest absolute Gasteiger partial charge is 0.285 e. The van der Waals surface area contributed by atoms with E-state index in [-0.39, 0.29) is 0 Å². The van der Waals surface area contributed by atoms with Crippen molar-refractivity contribution in [2.24, 2.45) is 0 Å². The first-order chi connectivity index (χ1) is 11.0. The van der Waals surface area contributed by atoms with Crippen molar-refractivity contribution in [3.63, 3.8) is 0 Å². The molecule has 0 unspecified atom stereocenters. The maximum atomic E-state index is 2.57. The molecule has 1 aliphatic heterocycles. The topological polar surface area (TPSA) is 6.48 Å². The molecule has 0 aromatic heterocycles. The first-order valence-corrected chi connectivity index (χ1v) is 8.58. The number of benzene rings is 2. The van der Waals surface area contributed by atoms with Gasteiger partial charge in [-0.2, -0.15) is 0 Å². The van der Waals surface area contributed by atoms with Gasteiger partial charge in [-0.3, -0.25) is 9.80 Å². The van der Waals surface area contributed by atoms with Gasteiger partial charge in [0.2, 0.25) is 0 Å². The normalized spacial score (nSPS) is 16.2. The Morgan fingerprint density at radius 3 is 1.91 bits per heavy atom. The Morgan fingerprint density at radius 1 is 0.739 bits per heavy atom. The van der Waals surface area contributed by atoms with Crippen LogP contribution >= 0.6 is 0 Å². The van der Waals surface area contributed by atoms with Crippen LogP contribution in [0.4, 0.5) is 0 Å². The molecule has 2 aromatic rings. The maximum Gasteiger partial charge on any atom is 0.0513 e. The van der Waals surface area contributed by atoms with Crippen molar-refractivity contribution in [1.82, 2.24) is 9.80 Å². The maximum absolute atomic E-state index is 2.57. The summed E-state index contributed by atoms with van der Waals surface area (Å²) in [4.78, 5) is 5.11. The Labute approximate surface area is 140 Å². The van der Waals surface area contributed by atoms with E-state index in [0.717, 1.165) is 26.3 Å². The van der Waals surface area contributed by atoms with E-state index in [0.29, 0.717) is 0 Å². The summed E-state index contributed by atoms with van der Waals surface area (Å²) in [6.45, 7) is 14.4. The Hall–Kier alpha value is -1.64. The minimum Gasteiger partial charge on any atom is -0.285 e. The third kappa shape index (κ3) is 4.01. The van der Waals surface area contributed by atoms with Gasteiger partial charge in [-0.05, 0) is 49.9 Å². The Balaban J connectivity index is 1.61. The minimum atomic E-state index is 1.06. The van der Waals surface area contributed by atoms with Crippen LogP contribution in [0.5, 0.6) is 0 Å². The van der Waals surface area contributed by atoms with Crippen LogP contribution in [0.15, 0.2) is 36.4 Å². The van der Waals surface area contributed by atoms with Crippen molar-refractivity contribution >= 4 is 0 Å². The third-order valence-electron chi connectivity index (χ3n) is 4.88. The summed E-state index contributed by atoms with van der Waals surface area (Å²) in [7, 11) is 0. The second kappa shape index (κ2) is 6.86. The Kier molecular flexibility index (Phi) is 4.84. The molecule has 23 heavy (non-hydrogen) atoms. The zero-order valence-electron chi connectivity index (χ0n) is 14.9. The van der Waals surface area contributed by atoms with Gasteiger partial charge in [-0.1, -0.05) is 47.5 Å². The SMILES string of the molecule is Cc1ccc(CN2CCN(Cc3c(C)cc(C)cc3C)C2)cc1. The van der Waals surface area contributed by atoms with Gasteiger partial charge in [0.05, 0.1) is 6.67 Å². The molecule has 1 saturated heterocycles. The van der Waals surface area contributed by atoms with Gasteiger partial charge >= 0.3 is 0 Å². The number of hydrogen-bond donors (Lipinski definition) is 0. The van der Waals surface area contributed by atoms with Gasteiger partial charge in [0.1, 0.15) is 0 Å². The van der Waals surface area contributed by atoms with Crippen molar-refractivity contribution in [3.8, 4) is 0 Å². The Morgan fingerprint density at radius 2 is 1.30 bits per heavy atom. The fourth-order valence-corrected chi connectivity index (χ4v) is 3.60. The average Bonchev–Trinajstić information content (AvgIpc) is 2.93. The highest BCUT2D eigenvalue weighted by molar-refractivity contribution is 5.37. The molecule has 122 valence electrons. The number of nitrogens with zero attached hydrogens (tertiary/aromatic N) is 2. The molecule has 3 rings (SSSR count). The highest BCUT2D eigenvalue weighted by Crippen LogP contribution is 2.20. The van der Waals surface area contributed by atoms with Crippen molar-refractivity contribution < 1.29 is 0 Å². The van der Waals surface area contributed by atoms with Gasteiger partial charge < -0.3 is 0 Å². The zero-order valence-corrected chi connectivity index (χ0v) is 14.9. The molecule has 2 aromatic carbocycles. The van der Waals surface area contributed by atoms with Gasteiger partial charge in [0, 0.05) is 26.2 Å². The second-order valence-corrected chi connectivity index (χ2v) is 7.11. The molecule has 0 amide bonds. The van der Waals surface area contributed by atoms with E-state index in [9.17, 15) is 0 Å². The molecule has 2 nitrogen and oxygen atoms in total. The van der Waals surface area contributed by atoms with Gasteiger partial charge in [0.25, 0.3) is 0 Å². The highest BCUT2D eigenvalue weighted by atomic mass is 15.4. The fraction of sp³-hybridized carbons (Fsp3) is 0.429. The van der Waals surface area contributed by atoms with Gasteiger partial charge in [-0.25, -0.2) is 0 Å². The predicted molar refractivity (Wildman–Crippen MR) is 97.5 cm³/mol. The molecule has 0 bridgehead atoms. The summed E-state index contributed by atoms with van der Waals surface area (Å²) >= 11 is 0. The molecule has 0 N–H and O–H groups in total.